The minimum absolute atomic E-state index is 0.118. The summed E-state index contributed by atoms with van der Waals surface area (Å²) in [7, 11) is 8.51. The Labute approximate surface area is 408 Å². The molecule has 0 amide bonds. The lowest BCUT2D eigenvalue weighted by atomic mass is 9.88. The van der Waals surface area contributed by atoms with Gasteiger partial charge in [0, 0.05) is 74.9 Å². The number of ketones is 1. The Morgan fingerprint density at radius 2 is 1.00 bits per heavy atom. The van der Waals surface area contributed by atoms with E-state index >= 15 is 4.79 Å². The maximum Gasteiger partial charge on any atom is 0.176 e. The number of halogens is 4. The standard InChI is InChI=1S/C53H60Cl2F2N10O/c1-64(2)43-17-21-66(22-18-43)51(37-11-7-15-41(27-37)62-49-29-47(45(54)33-60-49)58-31-35-9-5-13-39(56)25-35)53(68)52(67-23-19-44(20-24-67)65(3)4)38-12-8-16-42(28-38)63-50-30-48(46(55)34-61-50)59-32-36-10-6-14-40(57)26-36/h5-16,25-30,33-34,43-44,51-52H,17-24,31-32H2,1-4H3,(H2,58,60,62)(H2,59,61,63). The first kappa shape index (κ1) is 48.8. The van der Waals surface area contributed by atoms with Crippen molar-refractivity contribution in [3.8, 4) is 0 Å². The van der Waals surface area contributed by atoms with Crippen molar-refractivity contribution in [3.05, 3.63) is 166 Å². The second kappa shape index (κ2) is 22.6. The van der Waals surface area contributed by atoms with Crippen molar-refractivity contribution in [2.45, 2.75) is 62.9 Å². The topological polar surface area (TPSA) is 104 Å². The zero-order chi connectivity index (χ0) is 47.7. The third-order valence-electron chi connectivity index (χ3n) is 13.1. The van der Waals surface area contributed by atoms with Crippen molar-refractivity contribution >= 4 is 63.4 Å². The first-order chi connectivity index (χ1) is 32.9. The van der Waals surface area contributed by atoms with Crippen molar-refractivity contribution in [2.75, 3.05) is 75.6 Å². The van der Waals surface area contributed by atoms with Crippen molar-refractivity contribution in [1.29, 1.82) is 0 Å². The maximum absolute atomic E-state index is 15.9. The molecule has 2 saturated heterocycles. The van der Waals surface area contributed by atoms with Crippen LogP contribution >= 0.6 is 23.2 Å². The van der Waals surface area contributed by atoms with Gasteiger partial charge in [-0.2, -0.15) is 0 Å². The maximum atomic E-state index is 15.9. The van der Waals surface area contributed by atoms with Gasteiger partial charge in [0.15, 0.2) is 5.78 Å². The van der Waals surface area contributed by atoms with E-state index in [-0.39, 0.29) is 17.4 Å². The van der Waals surface area contributed by atoms with Gasteiger partial charge in [-0.1, -0.05) is 71.7 Å². The number of aromatic nitrogens is 2. The van der Waals surface area contributed by atoms with Gasteiger partial charge in [0.2, 0.25) is 0 Å². The highest BCUT2D eigenvalue weighted by molar-refractivity contribution is 6.33. The van der Waals surface area contributed by atoms with Crippen LogP contribution in [0.2, 0.25) is 10.0 Å². The largest absolute Gasteiger partial charge is 0.380 e. The van der Waals surface area contributed by atoms with E-state index in [0.717, 1.165) is 85.5 Å². The molecule has 0 saturated carbocycles. The fourth-order valence-corrected chi connectivity index (χ4v) is 9.76. The summed E-state index contributed by atoms with van der Waals surface area (Å²) in [6.45, 7) is 3.84. The highest BCUT2D eigenvalue weighted by atomic mass is 35.5. The normalized spacial score (nSPS) is 16.1. The lowest BCUT2D eigenvalue weighted by molar-refractivity contribution is -0.131. The van der Waals surface area contributed by atoms with Crippen LogP contribution in [0.3, 0.4) is 0 Å². The van der Waals surface area contributed by atoms with E-state index in [4.69, 9.17) is 23.2 Å². The van der Waals surface area contributed by atoms with Gasteiger partial charge in [-0.15, -0.1) is 0 Å². The molecule has 4 aromatic carbocycles. The molecule has 2 aliphatic rings. The van der Waals surface area contributed by atoms with Crippen LogP contribution < -0.4 is 21.3 Å². The van der Waals surface area contributed by atoms with Gasteiger partial charge in [0.1, 0.15) is 23.3 Å². The summed E-state index contributed by atoms with van der Waals surface area (Å²) in [5.41, 5.74) is 6.24. The van der Waals surface area contributed by atoms with E-state index in [0.29, 0.717) is 58.2 Å². The van der Waals surface area contributed by atoms with Crippen molar-refractivity contribution < 1.29 is 13.6 Å². The molecule has 2 aromatic heterocycles. The molecule has 2 atom stereocenters. The minimum atomic E-state index is -0.542. The first-order valence-corrected chi connectivity index (χ1v) is 24.0. The van der Waals surface area contributed by atoms with Crippen LogP contribution in [0, 0.1) is 11.6 Å². The molecule has 0 aliphatic carbocycles. The predicted molar refractivity (Wildman–Crippen MR) is 272 cm³/mol. The van der Waals surface area contributed by atoms with E-state index in [1.165, 1.54) is 24.3 Å². The quantitative estimate of drug-likeness (QED) is 0.0662. The average Bonchev–Trinajstić information content (AvgIpc) is 3.33. The summed E-state index contributed by atoms with van der Waals surface area (Å²) in [6, 6.07) is 32.5. The fraction of sp³-hybridized carbons (Fsp3) is 0.340. The summed E-state index contributed by atoms with van der Waals surface area (Å²) in [5, 5.41) is 14.5. The van der Waals surface area contributed by atoms with Crippen LogP contribution in [0.15, 0.2) is 122 Å². The number of rotatable bonds is 18. The van der Waals surface area contributed by atoms with E-state index in [1.54, 1.807) is 24.5 Å². The van der Waals surface area contributed by atoms with E-state index in [9.17, 15) is 8.78 Å². The SMILES string of the molecule is CN(C)C1CCN(C(C(=O)C(c2cccc(Nc3cc(NCc4cccc(F)c4)c(Cl)cn3)c2)N2CCC(N(C)C)CC2)c2cccc(Nc3cc(NCc4cccc(F)c4)c(Cl)cn3)c2)CC1. The molecule has 2 fully saturated rings. The number of nitrogens with zero attached hydrogens (tertiary/aromatic N) is 6. The second-order valence-corrected chi connectivity index (χ2v) is 19.1. The van der Waals surface area contributed by atoms with Crippen LogP contribution in [0.5, 0.6) is 0 Å². The molecule has 15 heteroatoms. The average molecular weight is 962 g/mol. The zero-order valence-corrected chi connectivity index (χ0v) is 40.5. The number of likely N-dealkylation sites (tertiary alicyclic amines) is 2. The van der Waals surface area contributed by atoms with Gasteiger partial charge in [-0.3, -0.25) is 14.6 Å². The molecule has 68 heavy (non-hydrogen) atoms. The molecule has 4 heterocycles. The van der Waals surface area contributed by atoms with E-state index in [2.05, 4.69) is 103 Å². The summed E-state index contributed by atoms with van der Waals surface area (Å²) in [6.07, 6.45) is 6.95. The molecule has 0 bridgehead atoms. The summed E-state index contributed by atoms with van der Waals surface area (Å²) in [4.78, 5) is 34.4. The molecule has 356 valence electrons. The molecular weight excluding hydrogens is 902 g/mol. The summed E-state index contributed by atoms with van der Waals surface area (Å²) < 4.78 is 27.8. The number of carbonyl (C=O) groups is 1. The lowest BCUT2D eigenvalue weighted by Crippen LogP contribution is -2.50. The number of pyridine rings is 2. The Hall–Kier alpha value is -5.67. The Kier molecular flexibility index (Phi) is 16.2. The van der Waals surface area contributed by atoms with Crippen LogP contribution in [-0.4, -0.2) is 102 Å². The smallest absolute Gasteiger partial charge is 0.176 e. The number of benzene rings is 4. The Balaban J connectivity index is 1.09. The Morgan fingerprint density at radius 3 is 1.38 bits per heavy atom. The van der Waals surface area contributed by atoms with Crippen LogP contribution in [-0.2, 0) is 17.9 Å². The summed E-state index contributed by atoms with van der Waals surface area (Å²) >= 11 is 13.2. The molecule has 2 unspecified atom stereocenters. The summed E-state index contributed by atoms with van der Waals surface area (Å²) in [5.74, 6) is 0.657. The van der Waals surface area contributed by atoms with Crippen molar-refractivity contribution in [1.82, 2.24) is 29.6 Å². The first-order valence-electron chi connectivity index (χ1n) is 23.2. The Morgan fingerprint density at radius 1 is 0.603 bits per heavy atom. The number of Topliss-reactive ketones (excluding diaryl/α,β-unsaturated/α-hetero) is 1. The predicted octanol–water partition coefficient (Wildman–Crippen LogP) is 11.2. The number of hydrogen-bond acceptors (Lipinski definition) is 11. The van der Waals surface area contributed by atoms with E-state index in [1.807, 2.05) is 48.5 Å². The van der Waals surface area contributed by atoms with Crippen molar-refractivity contribution in [2.24, 2.45) is 0 Å². The molecule has 2 aliphatic heterocycles. The highest BCUT2D eigenvalue weighted by Crippen LogP contribution is 2.38. The van der Waals surface area contributed by atoms with E-state index < -0.39 is 12.1 Å². The minimum Gasteiger partial charge on any atom is -0.380 e. The monoisotopic (exact) mass is 960 g/mol. The van der Waals surface area contributed by atoms with Gasteiger partial charge in [0.25, 0.3) is 0 Å². The van der Waals surface area contributed by atoms with Gasteiger partial charge in [-0.05, 0) is 125 Å². The molecule has 6 aromatic rings. The number of nitrogens with one attached hydrogen (secondary N) is 4. The molecule has 4 N–H and O–H groups in total. The van der Waals surface area contributed by atoms with Gasteiger partial charge < -0.3 is 31.1 Å². The lowest BCUT2D eigenvalue weighted by Gasteiger charge is -2.43. The number of piperidine rings is 2. The third kappa shape index (κ3) is 12.5. The van der Waals surface area contributed by atoms with Gasteiger partial charge in [0.05, 0.1) is 45.9 Å². The van der Waals surface area contributed by atoms with Crippen LogP contribution in [0.4, 0.5) is 43.2 Å². The number of carbonyl (C=O) groups excluding carboxylic acids is 1. The molecule has 0 radical (unpaired) electrons. The molecular formula is C53H60Cl2F2N10O. The second-order valence-electron chi connectivity index (χ2n) is 18.2. The van der Waals surface area contributed by atoms with Gasteiger partial charge >= 0.3 is 0 Å². The fourth-order valence-electron chi connectivity index (χ4n) is 9.42. The molecule has 11 nitrogen and oxygen atoms in total. The van der Waals surface area contributed by atoms with Crippen LogP contribution in [0.1, 0.15) is 60.0 Å². The molecule has 0 spiro atoms. The number of anilines is 6. The highest BCUT2D eigenvalue weighted by Gasteiger charge is 2.40. The third-order valence-corrected chi connectivity index (χ3v) is 13.7. The zero-order valence-electron chi connectivity index (χ0n) is 39.0. The Bertz CT molecular complexity index is 2480. The number of hydrogen-bond donors (Lipinski definition) is 4. The van der Waals surface area contributed by atoms with Crippen LogP contribution in [0.25, 0.3) is 0 Å². The van der Waals surface area contributed by atoms with Crippen molar-refractivity contribution in [3.63, 3.8) is 0 Å². The molecule has 8 rings (SSSR count). The van der Waals surface area contributed by atoms with Gasteiger partial charge in [-0.25, -0.2) is 18.7 Å².